The molecule has 0 aliphatic heterocycles. The van der Waals surface area contributed by atoms with Crippen LogP contribution < -0.4 is 29.6 Å². The molecule has 0 aromatic heterocycles. The van der Waals surface area contributed by atoms with Crippen molar-refractivity contribution in [3.8, 4) is 34.1 Å². The van der Waals surface area contributed by atoms with Crippen LogP contribution in [0.25, 0.3) is 11.1 Å². The Kier molecular flexibility index (Phi) is 15.1. The number of hydrogen-bond acceptors (Lipinski definition) is 8. The van der Waals surface area contributed by atoms with E-state index in [1.165, 1.54) is 36.4 Å². The second kappa shape index (κ2) is 20.6. The molecule has 0 unspecified atom stereocenters. The van der Waals surface area contributed by atoms with Crippen LogP contribution in [-0.2, 0) is 6.42 Å². The molecular formula is C47H50N2O10. The summed E-state index contributed by atoms with van der Waals surface area (Å²) in [6, 6.07) is 28.7. The summed E-state index contributed by atoms with van der Waals surface area (Å²) in [5.41, 5.74) is 3.59. The van der Waals surface area contributed by atoms with Crippen molar-refractivity contribution >= 4 is 35.1 Å². The Morgan fingerprint density at radius 1 is 0.559 bits per heavy atom. The van der Waals surface area contributed by atoms with Gasteiger partial charge in [-0.2, -0.15) is 0 Å². The number of ether oxygens (including phenoxy) is 4. The van der Waals surface area contributed by atoms with E-state index in [1.807, 2.05) is 44.2 Å². The average Bonchev–Trinajstić information content (AvgIpc) is 3.21. The van der Waals surface area contributed by atoms with Crippen LogP contribution in [0.2, 0.25) is 0 Å². The molecule has 4 N–H and O–H groups in total. The Morgan fingerprint density at radius 2 is 1.07 bits per heavy atom. The highest BCUT2D eigenvalue weighted by Gasteiger charge is 2.21. The van der Waals surface area contributed by atoms with Gasteiger partial charge >= 0.3 is 11.9 Å². The maximum absolute atomic E-state index is 14.0. The lowest BCUT2D eigenvalue weighted by molar-refractivity contribution is 0.0685. The molecule has 0 fully saturated rings. The minimum Gasteiger partial charge on any atom is -0.493 e. The predicted octanol–water partition coefficient (Wildman–Crippen LogP) is 9.73. The number of anilines is 2. The van der Waals surface area contributed by atoms with Gasteiger partial charge in [0, 0.05) is 6.42 Å². The molecule has 0 atom stereocenters. The number of carboxylic acid groups (broad SMARTS) is 2. The van der Waals surface area contributed by atoms with Crippen LogP contribution in [0, 0.1) is 11.8 Å². The smallest absolute Gasteiger partial charge is 0.335 e. The highest BCUT2D eigenvalue weighted by molar-refractivity contribution is 6.09. The van der Waals surface area contributed by atoms with Crippen LogP contribution in [-0.4, -0.2) is 60.4 Å². The van der Waals surface area contributed by atoms with Crippen molar-refractivity contribution in [1.82, 2.24) is 0 Å². The number of aromatic carboxylic acids is 2. The molecule has 0 bridgehead atoms. The largest absolute Gasteiger partial charge is 0.493 e. The Balaban J connectivity index is 1.49. The van der Waals surface area contributed by atoms with Gasteiger partial charge in [-0.1, -0.05) is 70.2 Å². The average molecular weight is 803 g/mol. The molecule has 5 rings (SSSR count). The van der Waals surface area contributed by atoms with Crippen molar-refractivity contribution in [3.05, 3.63) is 131 Å². The molecule has 0 spiro atoms. The van der Waals surface area contributed by atoms with Crippen molar-refractivity contribution in [2.75, 3.05) is 37.1 Å². The molecule has 0 saturated carbocycles. The van der Waals surface area contributed by atoms with Gasteiger partial charge in [0.15, 0.2) is 0 Å². The fraction of sp³-hybridized carbons (Fsp3) is 0.277. The minimum absolute atomic E-state index is 0.0234. The number of carbonyl (C=O) groups excluding carboxylic acids is 2. The molecule has 12 heteroatoms. The summed E-state index contributed by atoms with van der Waals surface area (Å²) in [7, 11) is 0. The van der Waals surface area contributed by atoms with Crippen LogP contribution in [0.4, 0.5) is 11.4 Å². The van der Waals surface area contributed by atoms with E-state index in [1.54, 1.807) is 43.3 Å². The Labute approximate surface area is 344 Å². The van der Waals surface area contributed by atoms with Crippen molar-refractivity contribution in [3.63, 3.8) is 0 Å². The summed E-state index contributed by atoms with van der Waals surface area (Å²) in [6.07, 6.45) is 1.32. The van der Waals surface area contributed by atoms with Gasteiger partial charge in [0.25, 0.3) is 11.8 Å². The van der Waals surface area contributed by atoms with E-state index in [4.69, 9.17) is 18.9 Å². The van der Waals surface area contributed by atoms with E-state index in [2.05, 4.69) is 24.5 Å². The minimum atomic E-state index is -1.12. The molecule has 308 valence electrons. The van der Waals surface area contributed by atoms with Crippen molar-refractivity contribution < 1.29 is 48.3 Å². The SMILES string of the molecule is CCOc1cc(C(=O)O)ccc1NC(=O)c1ccc(-c2ccc(C(=O)Nc3ccc(C(=O)O)cc3OCC(C)C)c(OCCc3ccccc3)c2)cc1OCCC(C)C. The van der Waals surface area contributed by atoms with E-state index in [0.29, 0.717) is 59.6 Å². The van der Waals surface area contributed by atoms with Gasteiger partial charge in [-0.15, -0.1) is 0 Å². The summed E-state index contributed by atoms with van der Waals surface area (Å²) in [5, 5.41) is 24.8. The first kappa shape index (κ1) is 43.3. The molecule has 59 heavy (non-hydrogen) atoms. The zero-order valence-electron chi connectivity index (χ0n) is 33.9. The van der Waals surface area contributed by atoms with Crippen LogP contribution in [0.15, 0.2) is 103 Å². The third kappa shape index (κ3) is 12.1. The Bertz CT molecular complexity index is 2270. The van der Waals surface area contributed by atoms with Crippen molar-refractivity contribution in [2.45, 2.75) is 47.5 Å². The number of carbonyl (C=O) groups is 4. The fourth-order valence-electron chi connectivity index (χ4n) is 5.89. The first-order valence-corrected chi connectivity index (χ1v) is 19.5. The molecule has 0 radical (unpaired) electrons. The summed E-state index contributed by atoms with van der Waals surface area (Å²) in [4.78, 5) is 51.1. The number of carboxylic acids is 2. The van der Waals surface area contributed by atoms with E-state index >= 15 is 0 Å². The van der Waals surface area contributed by atoms with Gasteiger partial charge in [0.1, 0.15) is 23.0 Å². The van der Waals surface area contributed by atoms with Gasteiger partial charge in [0.2, 0.25) is 0 Å². The molecule has 0 aliphatic carbocycles. The van der Waals surface area contributed by atoms with Gasteiger partial charge in [-0.3, -0.25) is 9.59 Å². The third-order valence-electron chi connectivity index (χ3n) is 9.06. The highest BCUT2D eigenvalue weighted by Crippen LogP contribution is 2.35. The summed E-state index contributed by atoms with van der Waals surface area (Å²) >= 11 is 0. The third-order valence-corrected chi connectivity index (χ3v) is 9.06. The Morgan fingerprint density at radius 3 is 1.54 bits per heavy atom. The predicted molar refractivity (Wildman–Crippen MR) is 227 cm³/mol. The lowest BCUT2D eigenvalue weighted by Gasteiger charge is -2.18. The number of benzene rings is 5. The van der Waals surface area contributed by atoms with E-state index < -0.39 is 23.8 Å². The molecule has 0 heterocycles. The first-order valence-electron chi connectivity index (χ1n) is 19.5. The maximum atomic E-state index is 14.0. The quantitative estimate of drug-likeness (QED) is 0.0594. The zero-order chi connectivity index (χ0) is 42.5. The van der Waals surface area contributed by atoms with Crippen LogP contribution in [0.5, 0.6) is 23.0 Å². The molecule has 0 aliphatic rings. The fourth-order valence-corrected chi connectivity index (χ4v) is 5.89. The monoisotopic (exact) mass is 802 g/mol. The van der Waals surface area contributed by atoms with Crippen molar-refractivity contribution in [1.29, 1.82) is 0 Å². The normalized spacial score (nSPS) is 10.9. The van der Waals surface area contributed by atoms with E-state index in [0.717, 1.165) is 12.0 Å². The molecule has 5 aromatic rings. The zero-order valence-corrected chi connectivity index (χ0v) is 33.9. The van der Waals surface area contributed by atoms with Crippen LogP contribution in [0.1, 0.15) is 88.0 Å². The van der Waals surface area contributed by atoms with E-state index in [-0.39, 0.29) is 52.9 Å². The van der Waals surface area contributed by atoms with Gasteiger partial charge < -0.3 is 39.8 Å². The molecule has 12 nitrogen and oxygen atoms in total. The van der Waals surface area contributed by atoms with Crippen LogP contribution >= 0.6 is 0 Å². The number of nitrogens with one attached hydrogen (secondary N) is 2. The lowest BCUT2D eigenvalue weighted by atomic mass is 10.00. The van der Waals surface area contributed by atoms with Crippen molar-refractivity contribution in [2.24, 2.45) is 11.8 Å². The summed E-state index contributed by atoms with van der Waals surface area (Å²) in [5.74, 6) is -1.62. The summed E-state index contributed by atoms with van der Waals surface area (Å²) < 4.78 is 24.1. The molecular weight excluding hydrogens is 753 g/mol. The molecule has 2 amide bonds. The number of amides is 2. The van der Waals surface area contributed by atoms with Crippen LogP contribution in [0.3, 0.4) is 0 Å². The molecule has 5 aromatic carbocycles. The summed E-state index contributed by atoms with van der Waals surface area (Å²) in [6.45, 7) is 11.0. The van der Waals surface area contributed by atoms with Gasteiger partial charge in [-0.25, -0.2) is 9.59 Å². The number of hydrogen-bond donors (Lipinski definition) is 4. The number of rotatable bonds is 20. The first-order chi connectivity index (χ1) is 28.3. The topological polar surface area (TPSA) is 170 Å². The molecule has 0 saturated heterocycles. The lowest BCUT2D eigenvalue weighted by Crippen LogP contribution is -2.16. The van der Waals surface area contributed by atoms with E-state index in [9.17, 15) is 29.4 Å². The second-order valence-corrected chi connectivity index (χ2v) is 14.6. The standard InChI is InChI=1S/C47H50N2O10/c1-6-56-42-26-34(46(52)53)14-18-38(42)48-44(50)36-16-12-32(24-40(36)57-22-20-29(2)3)33-13-17-37(41(25-33)58-23-21-31-10-8-7-9-11-31)45(51)49-39-19-15-35(47(54)55)27-43(39)59-28-30(4)5/h7-19,24-27,29-30H,6,20-23,28H2,1-5H3,(H,48,50)(H,49,51)(H,52,53)(H,54,55). The maximum Gasteiger partial charge on any atom is 0.335 e. The van der Waals surface area contributed by atoms with Gasteiger partial charge in [0.05, 0.1) is 60.1 Å². The highest BCUT2D eigenvalue weighted by atomic mass is 16.5. The second-order valence-electron chi connectivity index (χ2n) is 14.6. The van der Waals surface area contributed by atoms with Gasteiger partial charge in [-0.05, 0) is 103 Å². The Hall–Kier alpha value is -6.82.